The lowest BCUT2D eigenvalue weighted by Gasteiger charge is -2.09. The van der Waals surface area contributed by atoms with Crippen LogP contribution in [0.15, 0.2) is 76.0 Å². The highest BCUT2D eigenvalue weighted by Gasteiger charge is 2.17. The summed E-state index contributed by atoms with van der Waals surface area (Å²) in [5.74, 6) is -0.422. The molecule has 1 heterocycles. The summed E-state index contributed by atoms with van der Waals surface area (Å²) in [6, 6.07) is 17.0. The fraction of sp³-hybridized carbons (Fsp3) is 0.0455. The number of carbonyl (C=O) groups excluding carboxylic acids is 1. The first-order chi connectivity index (χ1) is 15.7. The standard InChI is InChI=1S/C22H16Cl2N4O4S/c1-13-2-9-17(10-3-13)33(30,31)28-16-7-4-14(5-8-16)20(29)25-22-27-26-21(32-22)18-12-15(23)6-11-19(18)24/h2-12,28H,1H3,(H,25,27,29). The molecule has 0 aliphatic carbocycles. The van der Waals surface area contributed by atoms with Gasteiger partial charge in [0, 0.05) is 16.3 Å². The van der Waals surface area contributed by atoms with Crippen LogP contribution < -0.4 is 10.0 Å². The van der Waals surface area contributed by atoms with E-state index in [0.717, 1.165) is 5.56 Å². The third-order valence-corrected chi connectivity index (χ3v) is 6.50. The van der Waals surface area contributed by atoms with Crippen molar-refractivity contribution in [2.45, 2.75) is 11.8 Å². The number of aromatic nitrogens is 2. The second kappa shape index (κ2) is 9.22. The van der Waals surface area contributed by atoms with Gasteiger partial charge in [-0.15, -0.1) is 5.10 Å². The maximum Gasteiger partial charge on any atom is 0.322 e. The minimum Gasteiger partial charge on any atom is -0.403 e. The van der Waals surface area contributed by atoms with Gasteiger partial charge in [0.2, 0.25) is 0 Å². The molecule has 168 valence electrons. The lowest BCUT2D eigenvalue weighted by atomic mass is 10.2. The highest BCUT2D eigenvalue weighted by molar-refractivity contribution is 7.92. The number of nitrogens with one attached hydrogen (secondary N) is 2. The van der Waals surface area contributed by atoms with Gasteiger partial charge in [-0.1, -0.05) is 46.0 Å². The Morgan fingerprint density at radius 3 is 2.33 bits per heavy atom. The molecular weight excluding hydrogens is 487 g/mol. The average molecular weight is 503 g/mol. The van der Waals surface area contributed by atoms with Gasteiger partial charge in [-0.05, 0) is 61.5 Å². The summed E-state index contributed by atoms with van der Waals surface area (Å²) in [6.45, 7) is 1.87. The Kier molecular flexibility index (Phi) is 6.37. The smallest absolute Gasteiger partial charge is 0.322 e. The first-order valence-electron chi connectivity index (χ1n) is 9.51. The van der Waals surface area contributed by atoms with Gasteiger partial charge >= 0.3 is 6.01 Å². The van der Waals surface area contributed by atoms with Gasteiger partial charge in [0.05, 0.1) is 15.5 Å². The molecule has 4 aromatic rings. The summed E-state index contributed by atoms with van der Waals surface area (Å²) < 4.78 is 32.9. The number of carbonyl (C=O) groups is 1. The topological polar surface area (TPSA) is 114 Å². The Hall–Kier alpha value is -3.40. The number of nitrogens with zero attached hydrogens (tertiary/aromatic N) is 2. The molecule has 0 aliphatic rings. The molecule has 3 aromatic carbocycles. The third-order valence-electron chi connectivity index (χ3n) is 4.53. The molecule has 0 saturated heterocycles. The minimum absolute atomic E-state index is 0.0960. The van der Waals surface area contributed by atoms with E-state index in [2.05, 4.69) is 20.2 Å². The molecule has 0 saturated carbocycles. The zero-order valence-electron chi connectivity index (χ0n) is 17.0. The van der Waals surface area contributed by atoms with Crippen LogP contribution in [-0.4, -0.2) is 24.5 Å². The second-order valence-corrected chi connectivity index (χ2v) is 9.51. The first kappa shape index (κ1) is 22.8. The van der Waals surface area contributed by atoms with Crippen LogP contribution in [0, 0.1) is 6.92 Å². The predicted octanol–water partition coefficient (Wildman–Crippen LogP) is 5.40. The van der Waals surface area contributed by atoms with Crippen molar-refractivity contribution < 1.29 is 17.6 Å². The molecule has 1 aromatic heterocycles. The molecule has 0 bridgehead atoms. The molecule has 2 N–H and O–H groups in total. The van der Waals surface area contributed by atoms with Crippen LogP contribution in [0.5, 0.6) is 0 Å². The molecule has 0 atom stereocenters. The van der Waals surface area contributed by atoms with Crippen molar-refractivity contribution >= 4 is 50.8 Å². The van der Waals surface area contributed by atoms with Crippen LogP contribution in [0.25, 0.3) is 11.5 Å². The maximum absolute atomic E-state index is 12.5. The Labute approximate surface area is 199 Å². The molecule has 0 aliphatic heterocycles. The van der Waals surface area contributed by atoms with Gasteiger partial charge in [0.1, 0.15) is 0 Å². The number of sulfonamides is 1. The van der Waals surface area contributed by atoms with E-state index in [1.165, 1.54) is 36.4 Å². The molecule has 11 heteroatoms. The lowest BCUT2D eigenvalue weighted by molar-refractivity contribution is 0.102. The van der Waals surface area contributed by atoms with Crippen LogP contribution >= 0.6 is 23.2 Å². The molecule has 0 unspecified atom stereocenters. The van der Waals surface area contributed by atoms with E-state index in [0.29, 0.717) is 21.3 Å². The van der Waals surface area contributed by atoms with E-state index >= 15 is 0 Å². The average Bonchev–Trinajstić information content (AvgIpc) is 3.24. The summed E-state index contributed by atoms with van der Waals surface area (Å²) in [7, 11) is -3.75. The van der Waals surface area contributed by atoms with E-state index in [4.69, 9.17) is 27.6 Å². The van der Waals surface area contributed by atoms with Crippen LogP contribution in [0.1, 0.15) is 15.9 Å². The van der Waals surface area contributed by atoms with Gasteiger partial charge in [-0.25, -0.2) is 8.42 Å². The van der Waals surface area contributed by atoms with Crippen molar-refractivity contribution in [3.8, 4) is 11.5 Å². The molecule has 0 spiro atoms. The fourth-order valence-corrected chi connectivity index (χ4v) is 4.26. The van der Waals surface area contributed by atoms with Crippen LogP contribution in [0.2, 0.25) is 10.0 Å². The zero-order valence-corrected chi connectivity index (χ0v) is 19.4. The SMILES string of the molecule is Cc1ccc(S(=O)(=O)Nc2ccc(C(=O)Nc3nnc(-c4cc(Cl)ccc4Cl)o3)cc2)cc1. The summed E-state index contributed by atoms with van der Waals surface area (Å²) in [4.78, 5) is 12.6. The van der Waals surface area contributed by atoms with Gasteiger partial charge in [0.25, 0.3) is 21.8 Å². The van der Waals surface area contributed by atoms with Crippen molar-refractivity contribution in [2.24, 2.45) is 0 Å². The predicted molar refractivity (Wildman–Crippen MR) is 126 cm³/mol. The Morgan fingerprint density at radius 2 is 1.64 bits per heavy atom. The van der Waals surface area contributed by atoms with Crippen LogP contribution in [-0.2, 0) is 10.0 Å². The van der Waals surface area contributed by atoms with Gasteiger partial charge in [-0.2, -0.15) is 0 Å². The highest BCUT2D eigenvalue weighted by Crippen LogP contribution is 2.30. The molecular formula is C22H16Cl2N4O4S. The summed E-state index contributed by atoms with van der Waals surface area (Å²) in [6.07, 6.45) is 0. The fourth-order valence-electron chi connectivity index (χ4n) is 2.83. The highest BCUT2D eigenvalue weighted by atomic mass is 35.5. The molecule has 0 fully saturated rings. The summed E-state index contributed by atoms with van der Waals surface area (Å²) >= 11 is 12.1. The zero-order chi connectivity index (χ0) is 23.6. The second-order valence-electron chi connectivity index (χ2n) is 6.99. The van der Waals surface area contributed by atoms with Crippen LogP contribution in [0.4, 0.5) is 11.7 Å². The molecule has 0 radical (unpaired) electrons. The van der Waals surface area contributed by atoms with Gasteiger partial charge < -0.3 is 4.42 Å². The normalized spacial score (nSPS) is 11.2. The largest absolute Gasteiger partial charge is 0.403 e. The molecule has 1 amide bonds. The number of halogens is 2. The van der Waals surface area contributed by atoms with E-state index in [1.54, 1.807) is 30.3 Å². The number of hydrogen-bond donors (Lipinski definition) is 2. The summed E-state index contributed by atoms with van der Waals surface area (Å²) in [5.41, 5.74) is 1.95. The van der Waals surface area contributed by atoms with Crippen molar-refractivity contribution in [1.29, 1.82) is 0 Å². The van der Waals surface area contributed by atoms with E-state index in [1.807, 2.05) is 6.92 Å². The Morgan fingerprint density at radius 1 is 0.939 bits per heavy atom. The maximum atomic E-state index is 12.5. The minimum atomic E-state index is -3.75. The first-order valence-corrected chi connectivity index (χ1v) is 11.7. The number of aryl methyl sites for hydroxylation is 1. The molecule has 8 nitrogen and oxygen atoms in total. The van der Waals surface area contributed by atoms with E-state index in [-0.39, 0.29) is 22.4 Å². The third kappa shape index (κ3) is 5.33. The van der Waals surface area contributed by atoms with Crippen molar-refractivity contribution in [1.82, 2.24) is 10.2 Å². The van der Waals surface area contributed by atoms with Gasteiger partial charge in [-0.3, -0.25) is 14.8 Å². The molecule has 33 heavy (non-hydrogen) atoms. The Bertz CT molecular complexity index is 1420. The number of amides is 1. The summed E-state index contributed by atoms with van der Waals surface area (Å²) in [5, 5.41) is 11.0. The van der Waals surface area contributed by atoms with Crippen LogP contribution in [0.3, 0.4) is 0 Å². The lowest BCUT2D eigenvalue weighted by Crippen LogP contribution is -2.14. The van der Waals surface area contributed by atoms with Crippen molar-refractivity contribution in [2.75, 3.05) is 10.0 Å². The van der Waals surface area contributed by atoms with Gasteiger partial charge in [0.15, 0.2) is 0 Å². The van der Waals surface area contributed by atoms with Crippen molar-refractivity contribution in [3.63, 3.8) is 0 Å². The number of rotatable bonds is 6. The quantitative estimate of drug-likeness (QED) is 0.364. The molecule has 4 rings (SSSR count). The monoisotopic (exact) mass is 502 g/mol. The number of hydrogen-bond acceptors (Lipinski definition) is 6. The van der Waals surface area contributed by atoms with E-state index < -0.39 is 15.9 Å². The number of benzene rings is 3. The number of anilines is 2. The van der Waals surface area contributed by atoms with Crippen molar-refractivity contribution in [3.05, 3.63) is 87.9 Å². The van der Waals surface area contributed by atoms with E-state index in [9.17, 15) is 13.2 Å². The Balaban J connectivity index is 1.44.